The minimum absolute atomic E-state index is 0.129. The van der Waals surface area contributed by atoms with Gasteiger partial charge in [-0.15, -0.1) is 0 Å². The molecule has 20 heavy (non-hydrogen) atoms. The molecule has 0 aromatic heterocycles. The highest BCUT2D eigenvalue weighted by molar-refractivity contribution is 5.74. The molecule has 0 radical (unpaired) electrons. The van der Waals surface area contributed by atoms with Crippen molar-refractivity contribution in [2.24, 2.45) is 0 Å². The SMILES string of the molecule is CCC(CNC(=O)NC(C)CO)Oc1ccccc1F. The van der Waals surface area contributed by atoms with Crippen LogP contribution in [0.25, 0.3) is 0 Å². The molecule has 0 heterocycles. The molecule has 1 rings (SSSR count). The Morgan fingerprint density at radius 3 is 2.75 bits per heavy atom. The first kappa shape index (κ1) is 16.2. The van der Waals surface area contributed by atoms with Crippen LogP contribution in [0.4, 0.5) is 9.18 Å². The Balaban J connectivity index is 2.44. The summed E-state index contributed by atoms with van der Waals surface area (Å²) in [6.07, 6.45) is 0.312. The predicted molar refractivity (Wildman–Crippen MR) is 74.2 cm³/mol. The smallest absolute Gasteiger partial charge is 0.315 e. The highest BCUT2D eigenvalue weighted by Crippen LogP contribution is 2.17. The number of halogens is 1. The lowest BCUT2D eigenvalue weighted by atomic mass is 10.2. The van der Waals surface area contributed by atoms with E-state index < -0.39 is 5.82 Å². The quantitative estimate of drug-likeness (QED) is 0.713. The van der Waals surface area contributed by atoms with Gasteiger partial charge in [0.15, 0.2) is 11.6 Å². The van der Waals surface area contributed by atoms with E-state index in [1.165, 1.54) is 6.07 Å². The van der Waals surface area contributed by atoms with Crippen LogP contribution in [-0.2, 0) is 0 Å². The van der Waals surface area contributed by atoms with Crippen molar-refractivity contribution in [3.63, 3.8) is 0 Å². The van der Waals surface area contributed by atoms with Gasteiger partial charge in [0.25, 0.3) is 0 Å². The number of benzene rings is 1. The largest absolute Gasteiger partial charge is 0.486 e. The maximum absolute atomic E-state index is 13.5. The second kappa shape index (κ2) is 8.37. The topological polar surface area (TPSA) is 70.6 Å². The van der Waals surface area contributed by atoms with Crippen LogP contribution < -0.4 is 15.4 Å². The predicted octanol–water partition coefficient (Wildman–Crippen LogP) is 1.66. The first-order chi connectivity index (χ1) is 9.56. The number of amides is 2. The van der Waals surface area contributed by atoms with Gasteiger partial charge in [0.1, 0.15) is 6.10 Å². The van der Waals surface area contributed by atoms with Crippen LogP contribution in [0.1, 0.15) is 20.3 Å². The first-order valence-corrected chi connectivity index (χ1v) is 6.63. The molecule has 112 valence electrons. The van der Waals surface area contributed by atoms with Crippen molar-refractivity contribution in [3.8, 4) is 5.75 Å². The number of aliphatic hydroxyl groups is 1. The fraction of sp³-hybridized carbons (Fsp3) is 0.500. The van der Waals surface area contributed by atoms with Crippen LogP contribution in [0.2, 0.25) is 0 Å². The molecule has 3 N–H and O–H groups in total. The average Bonchev–Trinajstić information content (AvgIpc) is 2.45. The van der Waals surface area contributed by atoms with Crippen molar-refractivity contribution in [1.29, 1.82) is 0 Å². The van der Waals surface area contributed by atoms with Gasteiger partial charge in [0.2, 0.25) is 0 Å². The van der Waals surface area contributed by atoms with E-state index >= 15 is 0 Å². The van der Waals surface area contributed by atoms with Gasteiger partial charge in [-0.1, -0.05) is 19.1 Å². The van der Waals surface area contributed by atoms with Crippen LogP contribution in [-0.4, -0.2) is 36.4 Å². The first-order valence-electron chi connectivity index (χ1n) is 6.63. The Kier molecular flexibility index (Phi) is 6.79. The zero-order valence-electron chi connectivity index (χ0n) is 11.7. The monoisotopic (exact) mass is 284 g/mol. The molecule has 0 saturated heterocycles. The summed E-state index contributed by atoms with van der Waals surface area (Å²) in [5.41, 5.74) is 0. The number of rotatable bonds is 7. The lowest BCUT2D eigenvalue weighted by molar-refractivity contribution is 0.180. The summed E-state index contributed by atoms with van der Waals surface area (Å²) >= 11 is 0. The standard InChI is InChI=1S/C14H21FN2O3/c1-3-11(8-16-14(19)17-10(2)9-18)20-13-7-5-4-6-12(13)15/h4-7,10-11,18H,3,8-9H2,1-2H3,(H2,16,17,19). The second-order valence-electron chi connectivity index (χ2n) is 4.52. The van der Waals surface area contributed by atoms with Crippen molar-refractivity contribution >= 4 is 6.03 Å². The summed E-state index contributed by atoms with van der Waals surface area (Å²) < 4.78 is 19.0. The lowest BCUT2D eigenvalue weighted by Crippen LogP contribution is -2.45. The van der Waals surface area contributed by atoms with Crippen molar-refractivity contribution in [2.45, 2.75) is 32.4 Å². The molecule has 1 aromatic carbocycles. The number of hydrogen-bond acceptors (Lipinski definition) is 3. The Morgan fingerprint density at radius 1 is 1.45 bits per heavy atom. The highest BCUT2D eigenvalue weighted by Gasteiger charge is 2.13. The minimum Gasteiger partial charge on any atom is -0.486 e. The molecule has 0 aliphatic carbocycles. The molecular weight excluding hydrogens is 263 g/mol. The average molecular weight is 284 g/mol. The molecule has 0 spiro atoms. The van der Waals surface area contributed by atoms with Crippen molar-refractivity contribution in [1.82, 2.24) is 10.6 Å². The van der Waals surface area contributed by atoms with Gasteiger partial charge in [0, 0.05) is 0 Å². The Labute approximate surface area is 118 Å². The van der Waals surface area contributed by atoms with E-state index in [9.17, 15) is 9.18 Å². The third-order valence-electron chi connectivity index (χ3n) is 2.73. The van der Waals surface area contributed by atoms with E-state index in [4.69, 9.17) is 9.84 Å². The number of aliphatic hydroxyl groups excluding tert-OH is 1. The molecule has 0 bridgehead atoms. The summed E-state index contributed by atoms with van der Waals surface area (Å²) in [5, 5.41) is 14.0. The minimum atomic E-state index is -0.427. The van der Waals surface area contributed by atoms with Crippen molar-refractivity contribution in [2.75, 3.05) is 13.2 Å². The number of para-hydroxylation sites is 1. The Hall–Kier alpha value is -1.82. The summed E-state index contributed by atoms with van der Waals surface area (Å²) in [4.78, 5) is 11.5. The van der Waals surface area contributed by atoms with Crippen LogP contribution in [0, 0.1) is 5.82 Å². The molecule has 2 atom stereocenters. The molecule has 0 aliphatic rings. The van der Waals surface area contributed by atoms with Gasteiger partial charge in [-0.05, 0) is 25.5 Å². The number of carbonyl (C=O) groups excluding carboxylic acids is 1. The fourth-order valence-corrected chi connectivity index (χ4v) is 1.52. The van der Waals surface area contributed by atoms with E-state index in [-0.39, 0.29) is 37.1 Å². The van der Waals surface area contributed by atoms with E-state index in [0.29, 0.717) is 6.42 Å². The van der Waals surface area contributed by atoms with Crippen LogP contribution in [0.3, 0.4) is 0 Å². The molecule has 2 unspecified atom stereocenters. The zero-order chi connectivity index (χ0) is 15.0. The van der Waals surface area contributed by atoms with Crippen LogP contribution in [0.5, 0.6) is 5.75 Å². The molecule has 2 amide bonds. The van der Waals surface area contributed by atoms with Crippen LogP contribution >= 0.6 is 0 Å². The molecule has 1 aromatic rings. The van der Waals surface area contributed by atoms with Gasteiger partial charge in [-0.3, -0.25) is 0 Å². The molecule has 5 nitrogen and oxygen atoms in total. The third-order valence-corrected chi connectivity index (χ3v) is 2.73. The van der Waals surface area contributed by atoms with Crippen LogP contribution in [0.15, 0.2) is 24.3 Å². The zero-order valence-corrected chi connectivity index (χ0v) is 11.7. The number of urea groups is 1. The number of carbonyl (C=O) groups is 1. The molecule has 0 saturated carbocycles. The third kappa shape index (κ3) is 5.44. The highest BCUT2D eigenvalue weighted by atomic mass is 19.1. The van der Waals surface area contributed by atoms with E-state index in [0.717, 1.165) is 0 Å². The molecule has 6 heteroatoms. The van der Waals surface area contributed by atoms with E-state index in [1.54, 1.807) is 25.1 Å². The number of hydrogen-bond donors (Lipinski definition) is 3. The summed E-state index contributed by atoms with van der Waals surface area (Å²) in [7, 11) is 0. The Bertz CT molecular complexity index is 429. The van der Waals surface area contributed by atoms with E-state index in [1.807, 2.05) is 6.92 Å². The second-order valence-corrected chi connectivity index (χ2v) is 4.52. The molecule has 0 aliphatic heterocycles. The summed E-state index contributed by atoms with van der Waals surface area (Å²) in [6, 6.07) is 5.45. The van der Waals surface area contributed by atoms with Gasteiger partial charge in [-0.25, -0.2) is 9.18 Å². The fourth-order valence-electron chi connectivity index (χ4n) is 1.52. The van der Waals surface area contributed by atoms with Gasteiger partial charge >= 0.3 is 6.03 Å². The maximum atomic E-state index is 13.5. The molecular formula is C14H21FN2O3. The number of ether oxygens (including phenoxy) is 1. The summed E-state index contributed by atoms with van der Waals surface area (Å²) in [6.45, 7) is 3.71. The van der Waals surface area contributed by atoms with Crippen molar-refractivity contribution < 1.29 is 19.0 Å². The normalized spacial score (nSPS) is 13.4. The van der Waals surface area contributed by atoms with Crippen molar-refractivity contribution in [3.05, 3.63) is 30.1 Å². The van der Waals surface area contributed by atoms with E-state index in [2.05, 4.69) is 10.6 Å². The molecule has 0 fully saturated rings. The number of nitrogens with one attached hydrogen (secondary N) is 2. The van der Waals surface area contributed by atoms with Gasteiger partial charge in [-0.2, -0.15) is 0 Å². The lowest BCUT2D eigenvalue weighted by Gasteiger charge is -2.19. The van der Waals surface area contributed by atoms with Gasteiger partial charge < -0.3 is 20.5 Å². The maximum Gasteiger partial charge on any atom is 0.315 e. The Morgan fingerprint density at radius 2 is 2.15 bits per heavy atom. The van der Waals surface area contributed by atoms with Gasteiger partial charge in [0.05, 0.1) is 19.2 Å². The summed E-state index contributed by atoms with van der Waals surface area (Å²) in [5.74, 6) is -0.255.